The van der Waals surface area contributed by atoms with Gasteiger partial charge < -0.3 is 30.4 Å². The molecular formula is C34H43N7O4. The SMILES string of the molecule is COc1cc(C(=O)N2C[C@H]3C[C@H](O)[C@@H]2[C@@H]3N)cc2nc(-c3cc4ccc([C@@H](C)NC(=O)C(C)(C)C)nc4n3CC3CC3)c(C)n12. The van der Waals surface area contributed by atoms with Crippen LogP contribution < -0.4 is 15.8 Å². The molecule has 1 saturated heterocycles. The second-order valence-corrected chi connectivity index (χ2v) is 14.3. The van der Waals surface area contributed by atoms with Crippen LogP contribution in [0, 0.1) is 24.2 Å². The van der Waals surface area contributed by atoms with Crippen LogP contribution in [0.4, 0.5) is 0 Å². The molecule has 0 spiro atoms. The molecule has 0 radical (unpaired) electrons. The minimum Gasteiger partial charge on any atom is -0.482 e. The van der Waals surface area contributed by atoms with Crippen molar-refractivity contribution in [2.24, 2.45) is 23.0 Å². The van der Waals surface area contributed by atoms with Crippen LogP contribution in [-0.2, 0) is 11.3 Å². The van der Waals surface area contributed by atoms with Crippen molar-refractivity contribution >= 4 is 28.5 Å². The number of aryl methyl sites for hydroxylation is 1. The summed E-state index contributed by atoms with van der Waals surface area (Å²) in [6, 6.07) is 8.89. The molecule has 11 nitrogen and oxygen atoms in total. The molecule has 4 aromatic heterocycles. The number of nitrogens with zero attached hydrogens (tertiary/aromatic N) is 5. The van der Waals surface area contributed by atoms with Crippen LogP contribution in [0.5, 0.6) is 5.88 Å². The van der Waals surface area contributed by atoms with Gasteiger partial charge in [-0.3, -0.25) is 14.0 Å². The number of fused-ring (bicyclic) bond motifs is 4. The quantitative estimate of drug-likeness (QED) is 0.288. The van der Waals surface area contributed by atoms with E-state index in [1.165, 1.54) is 12.8 Å². The zero-order chi connectivity index (χ0) is 31.9. The molecule has 7 rings (SSSR count). The zero-order valence-corrected chi connectivity index (χ0v) is 26.9. The first-order chi connectivity index (χ1) is 21.3. The minimum absolute atomic E-state index is 0.0191. The van der Waals surface area contributed by atoms with Crippen molar-refractivity contribution in [1.82, 2.24) is 29.2 Å². The molecule has 1 aliphatic heterocycles. The van der Waals surface area contributed by atoms with Crippen molar-refractivity contribution in [2.75, 3.05) is 13.7 Å². The van der Waals surface area contributed by atoms with Crippen LogP contribution in [0.25, 0.3) is 28.1 Å². The smallest absolute Gasteiger partial charge is 0.254 e. The number of nitrogens with one attached hydrogen (secondary N) is 1. The number of hydrogen-bond donors (Lipinski definition) is 3. The van der Waals surface area contributed by atoms with Crippen LogP contribution in [-0.4, -0.2) is 72.6 Å². The lowest BCUT2D eigenvalue weighted by atomic mass is 9.95. The number of rotatable bonds is 7. The maximum atomic E-state index is 13.7. The van der Waals surface area contributed by atoms with Crippen molar-refractivity contribution in [3.63, 3.8) is 0 Å². The summed E-state index contributed by atoms with van der Waals surface area (Å²) < 4.78 is 9.99. The lowest BCUT2D eigenvalue weighted by Crippen LogP contribution is -2.48. The molecule has 5 heterocycles. The van der Waals surface area contributed by atoms with E-state index in [4.69, 9.17) is 20.4 Å². The average Bonchev–Trinajstić information content (AvgIpc) is 3.45. The molecule has 0 unspecified atom stereocenters. The summed E-state index contributed by atoms with van der Waals surface area (Å²) in [6.07, 6.45) is 2.39. The van der Waals surface area contributed by atoms with Crippen LogP contribution in [0.1, 0.15) is 74.7 Å². The largest absolute Gasteiger partial charge is 0.482 e. The van der Waals surface area contributed by atoms with Crippen LogP contribution >= 0.6 is 0 Å². The first-order valence-electron chi connectivity index (χ1n) is 16.0. The predicted octanol–water partition coefficient (Wildman–Crippen LogP) is 3.83. The molecule has 4 N–H and O–H groups in total. The zero-order valence-electron chi connectivity index (χ0n) is 26.9. The van der Waals surface area contributed by atoms with E-state index in [9.17, 15) is 14.7 Å². The summed E-state index contributed by atoms with van der Waals surface area (Å²) in [6.45, 7) is 11.1. The van der Waals surface area contributed by atoms with E-state index in [0.717, 1.165) is 40.4 Å². The fraction of sp³-hybridized carbons (Fsp3) is 0.529. The Kier molecular flexibility index (Phi) is 6.97. The Bertz CT molecular complexity index is 1830. The van der Waals surface area contributed by atoms with Gasteiger partial charge in [-0.2, -0.15) is 0 Å². The van der Waals surface area contributed by atoms with Crippen molar-refractivity contribution in [1.29, 1.82) is 0 Å². The maximum Gasteiger partial charge on any atom is 0.254 e. The third-order valence-corrected chi connectivity index (χ3v) is 9.92. The van der Waals surface area contributed by atoms with E-state index in [-0.39, 0.29) is 35.9 Å². The third-order valence-electron chi connectivity index (χ3n) is 9.92. The van der Waals surface area contributed by atoms with Gasteiger partial charge in [0.25, 0.3) is 5.91 Å². The Morgan fingerprint density at radius 3 is 2.58 bits per heavy atom. The van der Waals surface area contributed by atoms with Crippen LogP contribution in [0.3, 0.4) is 0 Å². The van der Waals surface area contributed by atoms with Gasteiger partial charge in [-0.25, -0.2) is 9.97 Å². The second kappa shape index (κ2) is 10.6. The van der Waals surface area contributed by atoms with Gasteiger partial charge in [0.15, 0.2) is 5.88 Å². The normalized spacial score (nSPS) is 23.7. The summed E-state index contributed by atoms with van der Waals surface area (Å²) >= 11 is 0. The fourth-order valence-electron chi connectivity index (χ4n) is 7.12. The van der Waals surface area contributed by atoms with Gasteiger partial charge in [0, 0.05) is 41.6 Å². The van der Waals surface area contributed by atoms with Gasteiger partial charge in [0.1, 0.15) is 17.0 Å². The highest BCUT2D eigenvalue weighted by Crippen LogP contribution is 2.40. The van der Waals surface area contributed by atoms with E-state index >= 15 is 0 Å². The highest BCUT2D eigenvalue weighted by atomic mass is 16.5. The number of aliphatic hydroxyl groups is 1. The lowest BCUT2D eigenvalue weighted by molar-refractivity contribution is -0.129. The molecule has 2 bridgehead atoms. The molecule has 2 aliphatic carbocycles. The van der Waals surface area contributed by atoms with Crippen LogP contribution in [0.2, 0.25) is 0 Å². The number of methoxy groups -OCH3 is 1. The predicted molar refractivity (Wildman–Crippen MR) is 171 cm³/mol. The number of amides is 2. The molecule has 3 fully saturated rings. The molecule has 0 aromatic carbocycles. The van der Waals surface area contributed by atoms with E-state index in [1.54, 1.807) is 24.1 Å². The monoisotopic (exact) mass is 613 g/mol. The lowest BCUT2D eigenvalue weighted by Gasteiger charge is -2.30. The number of hydrogen-bond acceptors (Lipinski definition) is 7. The molecule has 4 aromatic rings. The van der Waals surface area contributed by atoms with E-state index in [2.05, 4.69) is 22.0 Å². The van der Waals surface area contributed by atoms with E-state index < -0.39 is 11.5 Å². The number of ether oxygens (including phenoxy) is 1. The molecule has 5 atom stereocenters. The Morgan fingerprint density at radius 2 is 1.93 bits per heavy atom. The molecule has 2 amide bonds. The summed E-state index contributed by atoms with van der Waals surface area (Å²) in [5, 5.41) is 14.6. The first kappa shape index (κ1) is 29.7. The number of nitrogens with two attached hydrogens (primary N) is 1. The van der Waals surface area contributed by atoms with Gasteiger partial charge in [-0.1, -0.05) is 20.8 Å². The van der Waals surface area contributed by atoms with Crippen molar-refractivity contribution in [2.45, 2.75) is 84.7 Å². The molecule has 11 heteroatoms. The summed E-state index contributed by atoms with van der Waals surface area (Å²) in [5.41, 5.74) is 11.2. The minimum atomic E-state index is -0.603. The van der Waals surface area contributed by atoms with Crippen molar-refractivity contribution < 1.29 is 19.4 Å². The number of aromatic nitrogens is 4. The molecule has 238 valence electrons. The van der Waals surface area contributed by atoms with E-state index in [1.807, 2.05) is 45.1 Å². The molecular weight excluding hydrogens is 570 g/mol. The Morgan fingerprint density at radius 1 is 1.18 bits per heavy atom. The Hall–Kier alpha value is -3.96. The number of likely N-dealkylation sites (tertiary alicyclic amines) is 1. The topological polar surface area (TPSA) is 140 Å². The molecule has 3 aliphatic rings. The van der Waals surface area contributed by atoms with Crippen LogP contribution in [0.15, 0.2) is 30.3 Å². The van der Waals surface area contributed by atoms with Gasteiger partial charge in [0.2, 0.25) is 5.91 Å². The first-order valence-corrected chi connectivity index (χ1v) is 16.0. The number of carbonyl (C=O) groups excluding carboxylic acids is 2. The molecule has 45 heavy (non-hydrogen) atoms. The number of carbonyl (C=O) groups is 2. The second-order valence-electron chi connectivity index (χ2n) is 14.3. The highest BCUT2D eigenvalue weighted by Gasteiger charge is 2.52. The summed E-state index contributed by atoms with van der Waals surface area (Å²) in [5.74, 6) is 1.01. The average molecular weight is 614 g/mol. The number of imidazole rings is 1. The van der Waals surface area contributed by atoms with Gasteiger partial charge >= 0.3 is 0 Å². The standard InChI is InChI=1S/C34H43N7O4/c1-17(36-33(44)34(3,4)5)23-10-9-20-11-24(39(31(20)37-23)15-19-7-8-19)29-18(2)41-26(38-29)13-21(14-27(41)45-6)32(43)40-16-22-12-25(42)30(40)28(22)35/h9-11,13-14,17,19,22,25,28,30,42H,7-8,12,15-16,35H2,1-6H3,(H,36,44)/t17-,22-,25+,28-,30-/m1/s1. The fourth-order valence-corrected chi connectivity index (χ4v) is 7.12. The Balaban J connectivity index is 1.29. The maximum absolute atomic E-state index is 13.7. The van der Waals surface area contributed by atoms with Gasteiger partial charge in [0.05, 0.1) is 42.4 Å². The van der Waals surface area contributed by atoms with Gasteiger partial charge in [-0.05, 0) is 69.2 Å². The highest BCUT2D eigenvalue weighted by molar-refractivity contribution is 5.96. The number of piperidine rings is 1. The number of aliphatic hydroxyl groups excluding tert-OH is 1. The van der Waals surface area contributed by atoms with Crippen molar-refractivity contribution in [3.8, 4) is 17.3 Å². The Labute approximate surface area is 262 Å². The third kappa shape index (κ3) is 4.96. The summed E-state index contributed by atoms with van der Waals surface area (Å²) in [7, 11) is 1.59. The molecule has 2 saturated carbocycles. The van der Waals surface area contributed by atoms with Gasteiger partial charge in [-0.15, -0.1) is 0 Å². The number of pyridine rings is 2. The van der Waals surface area contributed by atoms with Crippen molar-refractivity contribution in [3.05, 3.63) is 47.3 Å². The van der Waals surface area contributed by atoms with E-state index in [0.29, 0.717) is 36.0 Å². The summed E-state index contributed by atoms with van der Waals surface area (Å²) in [4.78, 5) is 38.3.